The second-order valence-corrected chi connectivity index (χ2v) is 5.05. The molecule has 0 aliphatic rings. The summed E-state index contributed by atoms with van der Waals surface area (Å²) in [4.78, 5) is 26.8. The number of aryl methyl sites for hydroxylation is 1. The van der Waals surface area contributed by atoms with E-state index < -0.39 is 24.3 Å². The highest BCUT2D eigenvalue weighted by atomic mass is 35.5. The first-order chi connectivity index (χ1) is 9.90. The number of carbonyl (C=O) groups is 2. The highest BCUT2D eigenvalue weighted by molar-refractivity contribution is 6.35. The number of fused-ring (bicyclic) bond motifs is 1. The number of carboxylic acid groups (broad SMARTS) is 1. The van der Waals surface area contributed by atoms with Crippen LogP contribution >= 0.6 is 11.6 Å². The van der Waals surface area contributed by atoms with E-state index in [0.717, 1.165) is 5.56 Å². The number of carboxylic acids is 1. The smallest absolute Gasteiger partial charge is 0.305 e. The van der Waals surface area contributed by atoms with Crippen molar-refractivity contribution < 1.29 is 14.7 Å². The van der Waals surface area contributed by atoms with Crippen LogP contribution in [0.15, 0.2) is 24.4 Å². The van der Waals surface area contributed by atoms with Gasteiger partial charge >= 0.3 is 5.97 Å². The number of anilines is 1. The average molecular weight is 308 g/mol. The Labute approximate surface area is 125 Å². The van der Waals surface area contributed by atoms with E-state index in [1.165, 1.54) is 0 Å². The molecule has 2 rings (SSSR count). The second-order valence-electron chi connectivity index (χ2n) is 4.64. The molecule has 0 bridgehead atoms. The van der Waals surface area contributed by atoms with E-state index in [1.807, 2.05) is 6.92 Å². The number of hydrogen-bond donors (Lipinski definition) is 3. The lowest BCUT2D eigenvalue weighted by Gasteiger charge is -2.14. The Hall–Kier alpha value is -2.18. The number of nitrogens with one attached hydrogen (secondary N) is 1. The number of aromatic nitrogens is 1. The van der Waals surface area contributed by atoms with Crippen molar-refractivity contribution >= 4 is 40.1 Å². The van der Waals surface area contributed by atoms with Gasteiger partial charge < -0.3 is 16.2 Å². The van der Waals surface area contributed by atoms with Crippen LogP contribution in [-0.2, 0) is 9.59 Å². The van der Waals surface area contributed by atoms with E-state index in [2.05, 4.69) is 10.3 Å². The van der Waals surface area contributed by atoms with Crippen LogP contribution in [-0.4, -0.2) is 28.0 Å². The lowest BCUT2D eigenvalue weighted by molar-refractivity contribution is -0.138. The molecule has 6 nitrogen and oxygen atoms in total. The zero-order valence-electron chi connectivity index (χ0n) is 11.3. The summed E-state index contributed by atoms with van der Waals surface area (Å²) in [5.41, 5.74) is 7.51. The van der Waals surface area contributed by atoms with Crippen LogP contribution in [0.1, 0.15) is 12.0 Å². The van der Waals surface area contributed by atoms with Crippen molar-refractivity contribution in [1.29, 1.82) is 0 Å². The maximum Gasteiger partial charge on any atom is 0.305 e. The van der Waals surface area contributed by atoms with Gasteiger partial charge in [-0.05, 0) is 30.7 Å². The third-order valence-electron chi connectivity index (χ3n) is 3.01. The summed E-state index contributed by atoms with van der Waals surface area (Å²) < 4.78 is 0. The number of hydrogen-bond acceptors (Lipinski definition) is 4. The van der Waals surface area contributed by atoms with Crippen LogP contribution in [0.5, 0.6) is 0 Å². The number of benzene rings is 1. The van der Waals surface area contributed by atoms with Crippen LogP contribution in [0.3, 0.4) is 0 Å². The molecule has 0 saturated carbocycles. The molecule has 1 amide bonds. The Bertz CT molecular complexity index is 718. The van der Waals surface area contributed by atoms with Crippen LogP contribution in [0.2, 0.25) is 5.02 Å². The maximum atomic E-state index is 12.0. The Morgan fingerprint density at radius 2 is 2.24 bits per heavy atom. The Morgan fingerprint density at radius 1 is 1.52 bits per heavy atom. The first-order valence-electron chi connectivity index (χ1n) is 6.22. The number of pyridine rings is 1. The van der Waals surface area contributed by atoms with Gasteiger partial charge in [0.15, 0.2) is 0 Å². The highest BCUT2D eigenvalue weighted by Gasteiger charge is 2.19. The number of nitrogens with two attached hydrogens (primary N) is 1. The molecule has 110 valence electrons. The first-order valence-corrected chi connectivity index (χ1v) is 6.60. The zero-order valence-corrected chi connectivity index (χ0v) is 12.0. The van der Waals surface area contributed by atoms with Gasteiger partial charge in [0.25, 0.3) is 0 Å². The van der Waals surface area contributed by atoms with E-state index in [9.17, 15) is 9.59 Å². The molecular weight excluding hydrogens is 294 g/mol. The molecule has 7 heteroatoms. The van der Waals surface area contributed by atoms with Gasteiger partial charge in [0.1, 0.15) is 0 Å². The zero-order chi connectivity index (χ0) is 15.6. The van der Waals surface area contributed by atoms with E-state index in [-0.39, 0.29) is 0 Å². The second kappa shape index (κ2) is 6.07. The van der Waals surface area contributed by atoms with Gasteiger partial charge in [0.2, 0.25) is 5.91 Å². The third kappa shape index (κ3) is 3.29. The van der Waals surface area contributed by atoms with Gasteiger partial charge in [0.05, 0.1) is 28.7 Å². The molecule has 1 aromatic carbocycles. The van der Waals surface area contributed by atoms with E-state index in [1.54, 1.807) is 24.4 Å². The molecule has 1 heterocycles. The predicted octanol–water partition coefficient (Wildman–Crippen LogP) is 1.94. The lowest BCUT2D eigenvalue weighted by atomic mass is 10.1. The van der Waals surface area contributed by atoms with Gasteiger partial charge in [-0.2, -0.15) is 0 Å². The van der Waals surface area contributed by atoms with Gasteiger partial charge in [0, 0.05) is 11.6 Å². The number of amides is 1. The third-order valence-corrected chi connectivity index (χ3v) is 3.31. The number of carbonyl (C=O) groups excluding carboxylic acids is 1. The first kappa shape index (κ1) is 15.2. The Balaban J connectivity index is 2.38. The Morgan fingerprint density at radius 3 is 2.90 bits per heavy atom. The van der Waals surface area contributed by atoms with Crippen molar-refractivity contribution in [3.05, 3.63) is 35.0 Å². The van der Waals surface area contributed by atoms with Crippen molar-refractivity contribution in [3.63, 3.8) is 0 Å². The molecule has 0 aliphatic heterocycles. The molecule has 0 spiro atoms. The minimum atomic E-state index is -1.15. The van der Waals surface area contributed by atoms with Crippen molar-refractivity contribution in [2.45, 2.75) is 19.4 Å². The monoisotopic (exact) mass is 307 g/mol. The summed E-state index contributed by atoms with van der Waals surface area (Å²) in [5, 5.41) is 12.3. The number of halogens is 1. The fourth-order valence-corrected chi connectivity index (χ4v) is 2.32. The molecule has 21 heavy (non-hydrogen) atoms. The molecule has 1 unspecified atom stereocenters. The van der Waals surface area contributed by atoms with Gasteiger partial charge in [-0.1, -0.05) is 11.6 Å². The van der Waals surface area contributed by atoms with Crippen molar-refractivity contribution in [1.82, 2.24) is 4.98 Å². The molecule has 0 radical (unpaired) electrons. The SMILES string of the molecule is Cc1cc(Cl)c(NC(=O)C(N)CC(=O)O)c2cccnc12. The van der Waals surface area contributed by atoms with Crippen LogP contribution in [0.4, 0.5) is 5.69 Å². The standard InChI is InChI=1S/C14H14ClN3O3/c1-7-5-9(15)13(8-3-2-4-17-12(7)8)18-14(21)10(16)6-11(19)20/h2-5,10H,6,16H2,1H3,(H,18,21)(H,19,20). The van der Waals surface area contributed by atoms with Crippen molar-refractivity contribution in [2.24, 2.45) is 5.73 Å². The average Bonchev–Trinajstić information content (AvgIpc) is 2.42. The van der Waals surface area contributed by atoms with Gasteiger partial charge in [-0.3, -0.25) is 14.6 Å². The minimum Gasteiger partial charge on any atom is -0.481 e. The van der Waals surface area contributed by atoms with E-state index in [4.69, 9.17) is 22.4 Å². The molecule has 0 saturated heterocycles. The maximum absolute atomic E-state index is 12.0. The minimum absolute atomic E-state index is 0.351. The van der Waals surface area contributed by atoms with Crippen LogP contribution < -0.4 is 11.1 Å². The van der Waals surface area contributed by atoms with Crippen molar-refractivity contribution in [3.8, 4) is 0 Å². The molecule has 0 fully saturated rings. The summed E-state index contributed by atoms with van der Waals surface area (Å²) in [6, 6.07) is 4.05. The fourth-order valence-electron chi connectivity index (χ4n) is 2.00. The molecule has 1 aromatic heterocycles. The summed E-state index contributed by atoms with van der Waals surface area (Å²) in [6.07, 6.45) is 1.19. The molecule has 1 atom stereocenters. The summed E-state index contributed by atoms with van der Waals surface area (Å²) in [7, 11) is 0. The largest absolute Gasteiger partial charge is 0.481 e. The van der Waals surface area contributed by atoms with E-state index >= 15 is 0 Å². The summed E-state index contributed by atoms with van der Waals surface area (Å²) >= 11 is 6.16. The molecule has 0 aliphatic carbocycles. The van der Waals surface area contributed by atoms with Crippen LogP contribution in [0, 0.1) is 6.92 Å². The lowest BCUT2D eigenvalue weighted by Crippen LogP contribution is -2.37. The number of aliphatic carboxylic acids is 1. The number of rotatable bonds is 4. The quantitative estimate of drug-likeness (QED) is 0.800. The topological polar surface area (TPSA) is 105 Å². The van der Waals surface area contributed by atoms with Crippen molar-refractivity contribution in [2.75, 3.05) is 5.32 Å². The number of nitrogens with zero attached hydrogens (tertiary/aromatic N) is 1. The van der Waals surface area contributed by atoms with E-state index in [0.29, 0.717) is 21.6 Å². The molecule has 2 aromatic rings. The molecule has 4 N–H and O–H groups in total. The van der Waals surface area contributed by atoms with Gasteiger partial charge in [-0.15, -0.1) is 0 Å². The van der Waals surface area contributed by atoms with Crippen LogP contribution in [0.25, 0.3) is 10.9 Å². The highest BCUT2D eigenvalue weighted by Crippen LogP contribution is 2.32. The predicted molar refractivity (Wildman–Crippen MR) is 80.3 cm³/mol. The fraction of sp³-hybridized carbons (Fsp3) is 0.214. The normalized spacial score (nSPS) is 12.1. The Kier molecular flexibility index (Phi) is 4.40. The summed E-state index contributed by atoms with van der Waals surface area (Å²) in [5.74, 6) is -1.74. The van der Waals surface area contributed by atoms with Gasteiger partial charge in [-0.25, -0.2) is 0 Å². The molecular formula is C14H14ClN3O3. The summed E-state index contributed by atoms with van der Waals surface area (Å²) in [6.45, 7) is 1.86.